The summed E-state index contributed by atoms with van der Waals surface area (Å²) in [5.74, 6) is -2.73. The zero-order valence-corrected chi connectivity index (χ0v) is 12.9. The van der Waals surface area contributed by atoms with E-state index in [1.54, 1.807) is 6.07 Å². The summed E-state index contributed by atoms with van der Waals surface area (Å²) in [6.45, 7) is 1.82. The molecular formula is C17H12F2O3S. The van der Waals surface area contributed by atoms with E-state index in [2.05, 4.69) is 0 Å². The van der Waals surface area contributed by atoms with Gasteiger partial charge in [-0.2, -0.15) is 0 Å². The maximum Gasteiger partial charge on any atom is 0.336 e. The molecule has 3 aromatic rings. The van der Waals surface area contributed by atoms with Crippen LogP contribution >= 0.6 is 11.8 Å². The summed E-state index contributed by atoms with van der Waals surface area (Å²) in [7, 11) is 0. The van der Waals surface area contributed by atoms with Gasteiger partial charge in [0.1, 0.15) is 11.3 Å². The molecule has 0 aliphatic carbocycles. The number of carbonyl (C=O) groups is 1. The Hall–Kier alpha value is -2.34. The molecule has 0 unspecified atom stereocenters. The molecular weight excluding hydrogens is 322 g/mol. The number of carboxylic acid groups (broad SMARTS) is 1. The molecule has 23 heavy (non-hydrogen) atoms. The van der Waals surface area contributed by atoms with Crippen molar-refractivity contribution in [3.8, 4) is 0 Å². The van der Waals surface area contributed by atoms with E-state index < -0.39 is 17.6 Å². The SMILES string of the molecule is Cc1cc2cccc(SCc3c(C(=O)O)ccc(F)c3F)c2o1. The van der Waals surface area contributed by atoms with Crippen LogP contribution in [0.1, 0.15) is 21.7 Å². The van der Waals surface area contributed by atoms with Crippen LogP contribution in [0.15, 0.2) is 45.7 Å². The number of thioether (sulfide) groups is 1. The number of carboxylic acids is 1. The van der Waals surface area contributed by atoms with Gasteiger partial charge in [-0.1, -0.05) is 12.1 Å². The largest absolute Gasteiger partial charge is 0.478 e. The summed E-state index contributed by atoms with van der Waals surface area (Å²) in [4.78, 5) is 11.9. The Kier molecular flexibility index (Phi) is 4.09. The molecule has 0 atom stereocenters. The highest BCUT2D eigenvalue weighted by molar-refractivity contribution is 7.98. The number of benzene rings is 2. The van der Waals surface area contributed by atoms with E-state index in [0.717, 1.165) is 28.2 Å². The summed E-state index contributed by atoms with van der Waals surface area (Å²) in [5.41, 5.74) is 0.255. The second-order valence-corrected chi connectivity index (χ2v) is 6.03. The van der Waals surface area contributed by atoms with E-state index in [0.29, 0.717) is 5.58 Å². The van der Waals surface area contributed by atoms with Crippen LogP contribution in [0.25, 0.3) is 11.0 Å². The predicted molar refractivity (Wildman–Crippen MR) is 83.8 cm³/mol. The van der Waals surface area contributed by atoms with E-state index in [-0.39, 0.29) is 16.9 Å². The van der Waals surface area contributed by atoms with E-state index in [1.165, 1.54) is 11.8 Å². The maximum atomic E-state index is 14.0. The molecule has 3 rings (SSSR count). The summed E-state index contributed by atoms with van der Waals surface area (Å²) in [6.07, 6.45) is 0. The van der Waals surface area contributed by atoms with Crippen LogP contribution in [0.5, 0.6) is 0 Å². The van der Waals surface area contributed by atoms with Crippen molar-refractivity contribution >= 4 is 28.7 Å². The molecule has 118 valence electrons. The van der Waals surface area contributed by atoms with Crippen LogP contribution in [0, 0.1) is 18.6 Å². The lowest BCUT2D eigenvalue weighted by Gasteiger charge is -2.08. The summed E-state index contributed by atoms with van der Waals surface area (Å²) >= 11 is 1.21. The van der Waals surface area contributed by atoms with Crippen LogP contribution in [0.2, 0.25) is 0 Å². The molecule has 0 aliphatic rings. The normalized spacial score (nSPS) is 11.1. The molecule has 1 N–H and O–H groups in total. The number of hydrogen-bond donors (Lipinski definition) is 1. The number of para-hydroxylation sites is 1. The standard InChI is InChI=1S/C17H12F2O3S/c1-9-7-10-3-2-4-14(16(10)22-9)23-8-12-11(17(20)21)5-6-13(18)15(12)19/h2-7H,8H2,1H3,(H,20,21). The molecule has 1 aromatic heterocycles. The number of aromatic carboxylic acids is 1. The zero-order valence-electron chi connectivity index (χ0n) is 12.1. The van der Waals surface area contributed by atoms with Gasteiger partial charge in [0.2, 0.25) is 0 Å². The van der Waals surface area contributed by atoms with Gasteiger partial charge >= 0.3 is 5.97 Å². The number of fused-ring (bicyclic) bond motifs is 1. The van der Waals surface area contributed by atoms with Gasteiger partial charge in [0.15, 0.2) is 11.6 Å². The Labute approximate surface area is 134 Å². The van der Waals surface area contributed by atoms with E-state index in [9.17, 15) is 13.6 Å². The molecule has 1 heterocycles. The third-order valence-electron chi connectivity index (χ3n) is 3.43. The van der Waals surface area contributed by atoms with Gasteiger partial charge < -0.3 is 9.52 Å². The summed E-state index contributed by atoms with van der Waals surface area (Å²) in [5, 5.41) is 10.0. The minimum absolute atomic E-state index is 0.00983. The second kappa shape index (κ2) is 6.04. The molecule has 0 bridgehead atoms. The third kappa shape index (κ3) is 2.94. The number of hydrogen-bond acceptors (Lipinski definition) is 3. The maximum absolute atomic E-state index is 14.0. The fourth-order valence-electron chi connectivity index (χ4n) is 2.36. The average molecular weight is 334 g/mol. The van der Waals surface area contributed by atoms with Gasteiger partial charge in [-0.3, -0.25) is 0 Å². The molecule has 2 aromatic carbocycles. The lowest BCUT2D eigenvalue weighted by atomic mass is 10.1. The number of rotatable bonds is 4. The van der Waals surface area contributed by atoms with Crippen molar-refractivity contribution in [2.24, 2.45) is 0 Å². The molecule has 0 amide bonds. The van der Waals surface area contributed by atoms with Crippen molar-refractivity contribution in [1.29, 1.82) is 0 Å². The predicted octanol–water partition coefficient (Wildman–Crippen LogP) is 5.01. The second-order valence-electron chi connectivity index (χ2n) is 5.01. The van der Waals surface area contributed by atoms with Crippen LogP contribution < -0.4 is 0 Å². The lowest BCUT2D eigenvalue weighted by molar-refractivity contribution is 0.0695. The van der Waals surface area contributed by atoms with Gasteiger partial charge in [0.05, 0.1) is 10.5 Å². The fourth-order valence-corrected chi connectivity index (χ4v) is 3.41. The number of halogens is 2. The highest BCUT2D eigenvalue weighted by Gasteiger charge is 2.19. The van der Waals surface area contributed by atoms with Crippen molar-refractivity contribution in [2.45, 2.75) is 17.6 Å². The molecule has 0 radical (unpaired) electrons. The lowest BCUT2D eigenvalue weighted by Crippen LogP contribution is -2.06. The van der Waals surface area contributed by atoms with E-state index >= 15 is 0 Å². The molecule has 6 heteroatoms. The van der Waals surface area contributed by atoms with Crippen LogP contribution in [-0.4, -0.2) is 11.1 Å². The Morgan fingerprint density at radius 1 is 1.26 bits per heavy atom. The van der Waals surface area contributed by atoms with Crippen molar-refractivity contribution in [3.63, 3.8) is 0 Å². The topological polar surface area (TPSA) is 50.4 Å². The highest BCUT2D eigenvalue weighted by Crippen LogP contribution is 2.33. The van der Waals surface area contributed by atoms with E-state index in [1.807, 2.05) is 25.1 Å². The van der Waals surface area contributed by atoms with Crippen molar-refractivity contribution in [1.82, 2.24) is 0 Å². The molecule has 3 nitrogen and oxygen atoms in total. The average Bonchev–Trinajstić information content (AvgIpc) is 2.89. The Balaban J connectivity index is 1.97. The fraction of sp³-hybridized carbons (Fsp3) is 0.118. The van der Waals surface area contributed by atoms with Crippen LogP contribution in [0.3, 0.4) is 0 Å². The Bertz CT molecular complexity index is 902. The van der Waals surface area contributed by atoms with E-state index in [4.69, 9.17) is 9.52 Å². The monoisotopic (exact) mass is 334 g/mol. The van der Waals surface area contributed by atoms with Crippen LogP contribution in [0.4, 0.5) is 8.78 Å². The Morgan fingerprint density at radius 2 is 2.04 bits per heavy atom. The first-order chi connectivity index (χ1) is 11.0. The van der Waals surface area contributed by atoms with Crippen molar-refractivity contribution in [3.05, 3.63) is 64.9 Å². The first kappa shape index (κ1) is 15.6. The Morgan fingerprint density at radius 3 is 2.78 bits per heavy atom. The molecule has 0 saturated heterocycles. The minimum atomic E-state index is -1.29. The molecule has 0 saturated carbocycles. The minimum Gasteiger partial charge on any atom is -0.478 e. The smallest absolute Gasteiger partial charge is 0.336 e. The molecule has 0 spiro atoms. The van der Waals surface area contributed by atoms with Gasteiger partial charge in [-0.25, -0.2) is 13.6 Å². The third-order valence-corrected chi connectivity index (χ3v) is 4.50. The van der Waals surface area contributed by atoms with Gasteiger partial charge in [-0.05, 0) is 31.2 Å². The first-order valence-electron chi connectivity index (χ1n) is 6.79. The molecule has 0 fully saturated rings. The van der Waals surface area contributed by atoms with Gasteiger partial charge in [-0.15, -0.1) is 11.8 Å². The zero-order chi connectivity index (χ0) is 16.6. The summed E-state index contributed by atoms with van der Waals surface area (Å²) < 4.78 is 33.0. The highest BCUT2D eigenvalue weighted by atomic mass is 32.2. The van der Waals surface area contributed by atoms with Gasteiger partial charge in [0, 0.05) is 16.7 Å². The first-order valence-corrected chi connectivity index (χ1v) is 7.78. The van der Waals surface area contributed by atoms with Gasteiger partial charge in [0.25, 0.3) is 0 Å². The van der Waals surface area contributed by atoms with Crippen molar-refractivity contribution < 1.29 is 23.1 Å². The van der Waals surface area contributed by atoms with Crippen LogP contribution in [-0.2, 0) is 5.75 Å². The quantitative estimate of drug-likeness (QED) is 0.681. The molecule has 0 aliphatic heterocycles. The summed E-state index contributed by atoms with van der Waals surface area (Å²) in [6, 6.07) is 9.30. The number of furan rings is 1. The number of aryl methyl sites for hydroxylation is 1. The van der Waals surface area contributed by atoms with Crippen molar-refractivity contribution in [2.75, 3.05) is 0 Å².